The third kappa shape index (κ3) is 3.45. The van der Waals surface area contributed by atoms with Gasteiger partial charge in [-0.1, -0.05) is 46.2 Å². The lowest BCUT2D eigenvalue weighted by molar-refractivity contribution is -0.117. The van der Waals surface area contributed by atoms with Crippen LogP contribution in [0.5, 0.6) is 0 Å². The topological polar surface area (TPSA) is 66.8 Å². The number of rotatable bonds is 2. The van der Waals surface area contributed by atoms with Gasteiger partial charge in [0.2, 0.25) is 5.91 Å². The van der Waals surface area contributed by atoms with Crippen LogP contribution in [0.25, 0.3) is 0 Å². The van der Waals surface area contributed by atoms with E-state index in [1.54, 1.807) is 13.0 Å². The molecule has 9 heteroatoms. The van der Waals surface area contributed by atoms with Gasteiger partial charge in [0, 0.05) is 16.1 Å². The molecule has 0 aliphatic carbocycles. The lowest BCUT2D eigenvalue weighted by atomic mass is 10.2. The molecular formula is C14H14BrClN2O3S2. The lowest BCUT2D eigenvalue weighted by Gasteiger charge is -2.25. The van der Waals surface area contributed by atoms with Crippen molar-refractivity contribution in [1.82, 2.24) is 0 Å². The minimum Gasteiger partial charge on any atom is -0.314 e. The Bertz CT molecular complexity index is 797. The van der Waals surface area contributed by atoms with Gasteiger partial charge in [-0.2, -0.15) is 4.99 Å². The molecule has 1 amide bonds. The maximum atomic E-state index is 12.0. The maximum Gasteiger partial charge on any atom is 0.247 e. The fourth-order valence-electron chi connectivity index (χ4n) is 2.71. The summed E-state index contributed by atoms with van der Waals surface area (Å²) in [5.74, 6) is -0.0727. The van der Waals surface area contributed by atoms with Crippen molar-refractivity contribution in [3.63, 3.8) is 0 Å². The van der Waals surface area contributed by atoms with Crippen LogP contribution in [0, 0.1) is 0 Å². The summed E-state index contributed by atoms with van der Waals surface area (Å²) in [7, 11) is -3.08. The van der Waals surface area contributed by atoms with Gasteiger partial charge in [0.25, 0.3) is 0 Å². The van der Waals surface area contributed by atoms with Gasteiger partial charge >= 0.3 is 0 Å². The van der Waals surface area contributed by atoms with Gasteiger partial charge in [0.1, 0.15) is 0 Å². The molecule has 0 aromatic heterocycles. The van der Waals surface area contributed by atoms with Crippen LogP contribution in [0.3, 0.4) is 0 Å². The van der Waals surface area contributed by atoms with Crippen LogP contribution < -0.4 is 4.90 Å². The summed E-state index contributed by atoms with van der Waals surface area (Å²) in [5, 5.41) is 0.899. The highest BCUT2D eigenvalue weighted by atomic mass is 79.9. The molecule has 3 rings (SSSR count). The second-order valence-electron chi connectivity index (χ2n) is 5.41. The summed E-state index contributed by atoms with van der Waals surface area (Å²) in [5.41, 5.74) is 0.676. The number of anilines is 1. The number of nitrogens with zero attached hydrogens (tertiary/aromatic N) is 2. The van der Waals surface area contributed by atoms with Gasteiger partial charge in [-0.3, -0.25) is 4.79 Å². The number of amides is 1. The van der Waals surface area contributed by atoms with Crippen LogP contribution in [0.15, 0.2) is 27.7 Å². The number of amidine groups is 1. The van der Waals surface area contributed by atoms with Gasteiger partial charge in [-0.15, -0.1) is 0 Å². The molecule has 0 unspecified atom stereocenters. The van der Waals surface area contributed by atoms with E-state index in [-0.39, 0.29) is 28.7 Å². The fourth-order valence-corrected chi connectivity index (χ4v) is 7.40. The number of hydrogen-bond donors (Lipinski definition) is 0. The Kier molecular flexibility index (Phi) is 4.79. The smallest absolute Gasteiger partial charge is 0.247 e. The number of sulfone groups is 1. The third-order valence-electron chi connectivity index (χ3n) is 3.76. The van der Waals surface area contributed by atoms with E-state index in [1.807, 2.05) is 17.0 Å². The summed E-state index contributed by atoms with van der Waals surface area (Å²) < 4.78 is 24.7. The molecule has 23 heavy (non-hydrogen) atoms. The highest BCUT2D eigenvalue weighted by molar-refractivity contribution is 9.10. The number of hydrogen-bond acceptors (Lipinski definition) is 4. The van der Waals surface area contributed by atoms with Crippen LogP contribution in [0.1, 0.15) is 13.3 Å². The first-order valence-corrected chi connectivity index (χ1v) is 10.9. The number of aliphatic imine (C=N–C) groups is 1. The van der Waals surface area contributed by atoms with Crippen LogP contribution >= 0.6 is 39.3 Å². The van der Waals surface area contributed by atoms with E-state index in [4.69, 9.17) is 11.6 Å². The molecule has 2 saturated heterocycles. The average molecular weight is 438 g/mol. The fraction of sp³-hybridized carbons (Fsp3) is 0.429. The first-order chi connectivity index (χ1) is 10.8. The van der Waals surface area contributed by atoms with Gasteiger partial charge in [0.05, 0.1) is 28.3 Å². The monoisotopic (exact) mass is 436 g/mol. The Morgan fingerprint density at radius 2 is 2.22 bits per heavy atom. The zero-order valence-corrected chi connectivity index (χ0v) is 16.2. The molecule has 1 aromatic carbocycles. The van der Waals surface area contributed by atoms with Crippen molar-refractivity contribution in [2.75, 3.05) is 16.4 Å². The molecule has 0 radical (unpaired) electrons. The number of carbonyl (C=O) groups is 1. The Balaban J connectivity index is 2.06. The van der Waals surface area contributed by atoms with Crippen molar-refractivity contribution in [1.29, 1.82) is 0 Å². The number of benzene rings is 1. The van der Waals surface area contributed by atoms with Gasteiger partial charge < -0.3 is 4.90 Å². The molecule has 2 aliphatic rings. The van der Waals surface area contributed by atoms with E-state index in [9.17, 15) is 13.2 Å². The number of carbonyl (C=O) groups excluding carboxylic acids is 1. The van der Waals surface area contributed by atoms with Gasteiger partial charge in [0.15, 0.2) is 15.0 Å². The first kappa shape index (κ1) is 17.3. The SMILES string of the molecule is CCC(=O)N=C1S[C@@H]2CS(=O)(=O)C[C@@H]2N1c1ccc(Br)cc1Cl. The first-order valence-electron chi connectivity index (χ1n) is 7.03. The average Bonchev–Trinajstić information content (AvgIpc) is 2.91. The summed E-state index contributed by atoms with van der Waals surface area (Å²) >= 11 is 11.0. The molecule has 0 bridgehead atoms. The number of thioether (sulfide) groups is 1. The predicted octanol–water partition coefficient (Wildman–Crippen LogP) is 3.11. The minimum absolute atomic E-state index is 0.0520. The number of halogens is 2. The van der Waals surface area contributed by atoms with Crippen molar-refractivity contribution in [3.8, 4) is 0 Å². The third-order valence-corrected chi connectivity index (χ3v) is 7.76. The predicted molar refractivity (Wildman–Crippen MR) is 98.2 cm³/mol. The van der Waals surface area contributed by atoms with E-state index < -0.39 is 9.84 Å². The molecule has 2 heterocycles. The largest absolute Gasteiger partial charge is 0.314 e. The molecule has 2 aliphatic heterocycles. The molecule has 5 nitrogen and oxygen atoms in total. The number of fused-ring (bicyclic) bond motifs is 1. The molecule has 0 spiro atoms. The molecule has 0 saturated carbocycles. The highest BCUT2D eigenvalue weighted by Crippen LogP contribution is 2.43. The van der Waals surface area contributed by atoms with Gasteiger partial charge in [-0.05, 0) is 18.2 Å². The molecule has 2 atom stereocenters. The van der Waals surface area contributed by atoms with Crippen molar-refractivity contribution in [2.45, 2.75) is 24.6 Å². The van der Waals surface area contributed by atoms with Crippen molar-refractivity contribution >= 4 is 65.9 Å². The van der Waals surface area contributed by atoms with E-state index in [0.717, 1.165) is 4.47 Å². The highest BCUT2D eigenvalue weighted by Gasteiger charge is 2.49. The molecule has 2 fully saturated rings. The van der Waals surface area contributed by atoms with Crippen molar-refractivity contribution < 1.29 is 13.2 Å². The van der Waals surface area contributed by atoms with Crippen LogP contribution in [0.2, 0.25) is 5.02 Å². The Labute approximate surface area is 152 Å². The Morgan fingerprint density at radius 3 is 2.87 bits per heavy atom. The Hall–Kier alpha value is -0.570. The van der Waals surface area contributed by atoms with Crippen LogP contribution in [-0.2, 0) is 14.6 Å². The molecule has 1 aromatic rings. The summed E-state index contributed by atoms with van der Waals surface area (Å²) in [6.45, 7) is 1.74. The molecule has 0 N–H and O–H groups in total. The van der Waals surface area contributed by atoms with Crippen LogP contribution in [-0.4, -0.2) is 42.3 Å². The standard InChI is InChI=1S/C14H14BrClN2O3S2/c1-2-13(19)17-14-18(10-4-3-8(15)5-9(10)16)11-6-23(20,21)7-12(11)22-14/h3-5,11-12H,2,6-7H2,1H3/t11-,12+/m0/s1. The minimum atomic E-state index is -3.08. The van der Waals surface area contributed by atoms with Gasteiger partial charge in [-0.25, -0.2) is 8.42 Å². The zero-order chi connectivity index (χ0) is 16.8. The van der Waals surface area contributed by atoms with E-state index in [1.165, 1.54) is 11.8 Å². The van der Waals surface area contributed by atoms with Crippen LogP contribution in [0.4, 0.5) is 5.69 Å². The maximum absolute atomic E-state index is 12.0. The normalized spacial score (nSPS) is 27.4. The van der Waals surface area contributed by atoms with Crippen molar-refractivity contribution in [2.24, 2.45) is 4.99 Å². The second kappa shape index (κ2) is 6.38. The Morgan fingerprint density at radius 1 is 1.48 bits per heavy atom. The second-order valence-corrected chi connectivity index (χ2v) is 10.1. The summed E-state index contributed by atoms with van der Waals surface area (Å²) in [6.07, 6.45) is 0.305. The summed E-state index contributed by atoms with van der Waals surface area (Å²) in [6, 6.07) is 5.15. The molecule has 124 valence electrons. The van der Waals surface area contributed by atoms with E-state index in [2.05, 4.69) is 20.9 Å². The molecular weight excluding hydrogens is 424 g/mol. The van der Waals surface area contributed by atoms with E-state index >= 15 is 0 Å². The van der Waals surface area contributed by atoms with Crippen molar-refractivity contribution in [3.05, 3.63) is 27.7 Å². The lowest BCUT2D eigenvalue weighted by Crippen LogP contribution is -2.37. The summed E-state index contributed by atoms with van der Waals surface area (Å²) in [4.78, 5) is 17.7. The zero-order valence-electron chi connectivity index (χ0n) is 12.2. The quantitative estimate of drug-likeness (QED) is 0.711. The van der Waals surface area contributed by atoms with E-state index in [0.29, 0.717) is 22.3 Å².